The normalized spacial score (nSPS) is 32.2. The molecule has 15 heavy (non-hydrogen) atoms. The van der Waals surface area contributed by atoms with Crippen molar-refractivity contribution in [2.24, 2.45) is 17.8 Å². The van der Waals surface area contributed by atoms with E-state index in [1.54, 1.807) is 0 Å². The van der Waals surface area contributed by atoms with Gasteiger partial charge in [-0.25, -0.2) is 0 Å². The van der Waals surface area contributed by atoms with E-state index in [-0.39, 0.29) is 11.9 Å². The molecule has 2 nitrogen and oxygen atoms in total. The van der Waals surface area contributed by atoms with Crippen molar-refractivity contribution in [3.05, 3.63) is 12.2 Å². The molecule has 2 aliphatic carbocycles. The Labute approximate surface area is 91.7 Å². The predicted octanol–water partition coefficient (Wildman–Crippen LogP) is 2.93. The van der Waals surface area contributed by atoms with Crippen molar-refractivity contribution in [2.45, 2.75) is 39.0 Å². The minimum atomic E-state index is 0.0444. The summed E-state index contributed by atoms with van der Waals surface area (Å²) in [7, 11) is 0. The average molecular weight is 208 g/mol. The Morgan fingerprint density at radius 2 is 2.20 bits per heavy atom. The third kappa shape index (κ3) is 2.42. The van der Waals surface area contributed by atoms with Gasteiger partial charge in [-0.2, -0.15) is 0 Å². The summed E-state index contributed by atoms with van der Waals surface area (Å²) in [5.74, 6) is 1.35. The minimum absolute atomic E-state index is 0.0444. The summed E-state index contributed by atoms with van der Waals surface area (Å²) < 4.78 is 5.31. The van der Waals surface area contributed by atoms with Crippen LogP contribution < -0.4 is 0 Å². The van der Waals surface area contributed by atoms with Crippen molar-refractivity contribution in [2.75, 3.05) is 6.61 Å². The maximum atomic E-state index is 11.7. The molecule has 0 saturated heterocycles. The number of allylic oxidation sites excluding steroid dienone is 2. The number of hydrogen-bond acceptors (Lipinski definition) is 2. The quantitative estimate of drug-likeness (QED) is 0.394. The van der Waals surface area contributed by atoms with E-state index >= 15 is 0 Å². The molecule has 0 N–H and O–H groups in total. The maximum absolute atomic E-state index is 11.7. The summed E-state index contributed by atoms with van der Waals surface area (Å²) in [6, 6.07) is 0. The van der Waals surface area contributed by atoms with Gasteiger partial charge >= 0.3 is 5.97 Å². The number of fused-ring (bicyclic) bond motifs is 2. The van der Waals surface area contributed by atoms with Crippen LogP contribution in [0.4, 0.5) is 0 Å². The Morgan fingerprint density at radius 1 is 1.33 bits per heavy atom. The lowest BCUT2D eigenvalue weighted by atomic mass is 9.94. The molecule has 1 saturated carbocycles. The molecule has 2 aliphatic rings. The second-order valence-electron chi connectivity index (χ2n) is 4.76. The number of esters is 1. The molecule has 0 aromatic heterocycles. The molecule has 2 heteroatoms. The molecule has 0 aromatic rings. The topological polar surface area (TPSA) is 26.3 Å². The van der Waals surface area contributed by atoms with E-state index in [2.05, 4.69) is 19.1 Å². The highest BCUT2D eigenvalue weighted by atomic mass is 16.5. The molecule has 0 spiro atoms. The Hall–Kier alpha value is -0.790. The Bertz CT molecular complexity index is 257. The van der Waals surface area contributed by atoms with E-state index in [4.69, 9.17) is 4.74 Å². The van der Waals surface area contributed by atoms with Crippen molar-refractivity contribution in [1.29, 1.82) is 0 Å². The first-order valence-electron chi connectivity index (χ1n) is 6.16. The third-order valence-electron chi connectivity index (χ3n) is 3.57. The standard InChI is InChI=1S/C13H20O2/c1-2-3-4-7-15-13(14)12-9-10-5-6-11(12)8-10/h5-6,10-12H,2-4,7-9H2,1H3. The number of rotatable bonds is 5. The van der Waals surface area contributed by atoms with E-state index in [1.165, 1.54) is 12.8 Å². The first-order valence-corrected chi connectivity index (χ1v) is 6.16. The Balaban J connectivity index is 1.70. The average Bonchev–Trinajstić information content (AvgIpc) is 2.85. The largest absolute Gasteiger partial charge is 0.465 e. The first-order chi connectivity index (χ1) is 7.31. The van der Waals surface area contributed by atoms with Gasteiger partial charge in [-0.05, 0) is 31.1 Å². The molecule has 3 unspecified atom stereocenters. The molecule has 0 aromatic carbocycles. The van der Waals surface area contributed by atoms with Crippen molar-refractivity contribution in [3.63, 3.8) is 0 Å². The van der Waals surface area contributed by atoms with E-state index in [0.29, 0.717) is 18.4 Å². The molecule has 3 atom stereocenters. The summed E-state index contributed by atoms with van der Waals surface area (Å²) in [5.41, 5.74) is 0. The van der Waals surface area contributed by atoms with Gasteiger partial charge in [0.05, 0.1) is 12.5 Å². The monoisotopic (exact) mass is 208 g/mol. The SMILES string of the molecule is CCCCCOC(=O)C1CC2C=CC1C2. The summed E-state index contributed by atoms with van der Waals surface area (Å²) in [5, 5.41) is 0. The molecule has 0 amide bonds. The van der Waals surface area contributed by atoms with Gasteiger partial charge in [0.2, 0.25) is 0 Å². The van der Waals surface area contributed by atoms with Crippen molar-refractivity contribution in [3.8, 4) is 0 Å². The lowest BCUT2D eigenvalue weighted by Gasteiger charge is -2.16. The molecule has 0 heterocycles. The zero-order valence-electron chi connectivity index (χ0n) is 9.45. The molecule has 0 aliphatic heterocycles. The maximum Gasteiger partial charge on any atom is 0.309 e. The lowest BCUT2D eigenvalue weighted by Crippen LogP contribution is -2.21. The molecular formula is C13H20O2. The van der Waals surface area contributed by atoms with Crippen LogP contribution >= 0.6 is 0 Å². The van der Waals surface area contributed by atoms with Gasteiger partial charge in [0, 0.05) is 0 Å². The summed E-state index contributed by atoms with van der Waals surface area (Å²) in [6.45, 7) is 2.77. The Morgan fingerprint density at radius 3 is 2.80 bits per heavy atom. The first kappa shape index (κ1) is 10.7. The van der Waals surface area contributed by atoms with E-state index in [0.717, 1.165) is 19.3 Å². The van der Waals surface area contributed by atoms with Crippen molar-refractivity contribution < 1.29 is 9.53 Å². The highest BCUT2D eigenvalue weighted by Gasteiger charge is 2.40. The van der Waals surface area contributed by atoms with Crippen molar-refractivity contribution in [1.82, 2.24) is 0 Å². The lowest BCUT2D eigenvalue weighted by molar-refractivity contribution is -0.149. The van der Waals surface area contributed by atoms with Gasteiger partial charge in [0.15, 0.2) is 0 Å². The number of ether oxygens (including phenoxy) is 1. The minimum Gasteiger partial charge on any atom is -0.465 e. The summed E-state index contributed by atoms with van der Waals surface area (Å²) >= 11 is 0. The van der Waals surface area contributed by atoms with E-state index < -0.39 is 0 Å². The van der Waals surface area contributed by atoms with E-state index in [1.807, 2.05) is 0 Å². The highest BCUT2D eigenvalue weighted by Crippen LogP contribution is 2.43. The van der Waals surface area contributed by atoms with Crippen LogP contribution in [0.2, 0.25) is 0 Å². The van der Waals surface area contributed by atoms with Gasteiger partial charge in [0.25, 0.3) is 0 Å². The smallest absolute Gasteiger partial charge is 0.309 e. The fraction of sp³-hybridized carbons (Fsp3) is 0.769. The fourth-order valence-electron chi connectivity index (χ4n) is 2.68. The molecule has 2 rings (SSSR count). The summed E-state index contributed by atoms with van der Waals surface area (Å²) in [6.07, 6.45) is 10.00. The number of carbonyl (C=O) groups is 1. The van der Waals surface area contributed by atoms with Crippen LogP contribution in [0.1, 0.15) is 39.0 Å². The fourth-order valence-corrected chi connectivity index (χ4v) is 2.68. The molecule has 2 bridgehead atoms. The number of carbonyl (C=O) groups excluding carboxylic acids is 1. The summed E-state index contributed by atoms with van der Waals surface area (Å²) in [4.78, 5) is 11.7. The van der Waals surface area contributed by atoms with Gasteiger partial charge in [0.1, 0.15) is 0 Å². The van der Waals surface area contributed by atoms with E-state index in [9.17, 15) is 4.79 Å². The third-order valence-corrected chi connectivity index (χ3v) is 3.57. The highest BCUT2D eigenvalue weighted by molar-refractivity contribution is 5.74. The van der Waals surface area contributed by atoms with Crippen LogP contribution in [0, 0.1) is 17.8 Å². The van der Waals surface area contributed by atoms with Crippen LogP contribution in [-0.4, -0.2) is 12.6 Å². The van der Waals surface area contributed by atoms with Crippen LogP contribution in [0.5, 0.6) is 0 Å². The van der Waals surface area contributed by atoms with Crippen molar-refractivity contribution >= 4 is 5.97 Å². The number of unbranched alkanes of at least 4 members (excludes halogenated alkanes) is 2. The zero-order valence-corrected chi connectivity index (χ0v) is 9.45. The van der Waals surface area contributed by atoms with Crippen LogP contribution in [-0.2, 0) is 9.53 Å². The molecule has 0 radical (unpaired) electrons. The van der Waals surface area contributed by atoms with Crippen LogP contribution in [0.25, 0.3) is 0 Å². The molecule has 1 fully saturated rings. The second-order valence-corrected chi connectivity index (χ2v) is 4.76. The van der Waals surface area contributed by atoms with Gasteiger partial charge in [-0.3, -0.25) is 4.79 Å². The van der Waals surface area contributed by atoms with Crippen LogP contribution in [0.3, 0.4) is 0 Å². The van der Waals surface area contributed by atoms with Crippen LogP contribution in [0.15, 0.2) is 12.2 Å². The zero-order chi connectivity index (χ0) is 10.7. The van der Waals surface area contributed by atoms with Gasteiger partial charge < -0.3 is 4.74 Å². The predicted molar refractivity (Wildman–Crippen MR) is 59.3 cm³/mol. The Kier molecular flexibility index (Phi) is 3.45. The molecule has 84 valence electrons. The second kappa shape index (κ2) is 4.82. The number of hydrogen-bond donors (Lipinski definition) is 0. The molecular weight excluding hydrogens is 188 g/mol. The van der Waals surface area contributed by atoms with Gasteiger partial charge in [-0.15, -0.1) is 0 Å². The van der Waals surface area contributed by atoms with Gasteiger partial charge in [-0.1, -0.05) is 31.9 Å².